The molecule has 0 N–H and O–H groups in total. The third-order valence-corrected chi connectivity index (χ3v) is 2.57. The van der Waals surface area contributed by atoms with Crippen LogP contribution in [0.4, 0.5) is 0 Å². The summed E-state index contributed by atoms with van der Waals surface area (Å²) in [5.74, 6) is 0. The van der Waals surface area contributed by atoms with E-state index in [-0.39, 0.29) is 0 Å². The van der Waals surface area contributed by atoms with Crippen molar-refractivity contribution < 1.29 is 38.7 Å². The third-order valence-electron chi connectivity index (χ3n) is 1.26. The van der Waals surface area contributed by atoms with Gasteiger partial charge in [0.2, 0.25) is 0 Å². The van der Waals surface area contributed by atoms with Crippen LogP contribution in [0.1, 0.15) is 95.9 Å². The van der Waals surface area contributed by atoms with Crippen molar-refractivity contribution in [2.45, 2.75) is 95.9 Å². The van der Waals surface area contributed by atoms with Crippen LogP contribution in [0.15, 0.2) is 0 Å². The van der Waals surface area contributed by atoms with E-state index in [1.54, 1.807) is 38.7 Å². The number of hydrogen-bond donors (Lipinski definition) is 0. The summed E-state index contributed by atoms with van der Waals surface area (Å²) in [7, 11) is 8.23. The molecule has 0 amide bonds. The zero-order valence-electron chi connectivity index (χ0n) is 21.3. The number of hydrogen-bond acceptors (Lipinski definition) is 2. The molecule has 0 aliphatic carbocycles. The molecule has 0 aromatic rings. The zero-order valence-corrected chi connectivity index (χ0v) is 27.2. The second kappa shape index (κ2) is 33.6. The van der Waals surface area contributed by atoms with Crippen molar-refractivity contribution in [3.63, 3.8) is 0 Å². The quantitative estimate of drug-likeness (QED) is 0.325. The molecule has 0 radical (unpaired) electrons. The summed E-state index contributed by atoms with van der Waals surface area (Å²) in [4.78, 5) is 4.25. The normalized spacial score (nSPS) is 8.69. The van der Waals surface area contributed by atoms with Crippen molar-refractivity contribution in [1.82, 2.24) is 9.80 Å². The topological polar surface area (TPSA) is 6.48 Å². The molecule has 2 nitrogen and oxygen atoms in total. The Morgan fingerprint density at radius 3 is 0.769 bits per heavy atom. The molecule has 0 fully saturated rings. The summed E-state index contributed by atoms with van der Waals surface area (Å²) >= 11 is 3.14. The van der Waals surface area contributed by atoms with E-state index in [2.05, 4.69) is 121 Å². The fourth-order valence-corrected chi connectivity index (χ4v) is 0. The van der Waals surface area contributed by atoms with Crippen LogP contribution >= 0.6 is 0 Å². The number of nitrogens with zero attached hydrogens (tertiary/aromatic N) is 2. The Kier molecular flexibility index (Phi) is 53.5. The van der Waals surface area contributed by atoms with Gasteiger partial charge in [0.1, 0.15) is 0 Å². The molecule has 0 unspecified atom stereocenters. The van der Waals surface area contributed by atoms with Crippen molar-refractivity contribution in [2.24, 2.45) is 5.41 Å². The van der Waals surface area contributed by atoms with Crippen LogP contribution in [-0.4, -0.2) is 52.5 Å². The van der Waals surface area contributed by atoms with E-state index in [0.29, 0.717) is 5.41 Å². The predicted molar refractivity (Wildman–Crippen MR) is 122 cm³/mol. The second-order valence-corrected chi connectivity index (χ2v) is 13.2. The van der Waals surface area contributed by atoms with Gasteiger partial charge in [-0.25, -0.2) is 0 Å². The van der Waals surface area contributed by atoms with Crippen molar-refractivity contribution in [2.75, 3.05) is 34.7 Å². The van der Waals surface area contributed by atoms with Crippen LogP contribution in [0.2, 0.25) is 0 Å². The van der Waals surface area contributed by atoms with Crippen LogP contribution in [0.25, 0.3) is 0 Å². The molecule has 0 aliphatic rings. The van der Waals surface area contributed by atoms with Gasteiger partial charge in [-0.15, -0.1) is 0 Å². The molecule has 0 aliphatic heterocycles. The summed E-state index contributed by atoms with van der Waals surface area (Å²) in [6.07, 6.45) is 2.50. The first-order valence-corrected chi connectivity index (χ1v) is 12.7. The Hall–Kier alpha value is 1.04. The van der Waals surface area contributed by atoms with Crippen LogP contribution in [0.3, 0.4) is 0 Å². The summed E-state index contributed by atoms with van der Waals surface area (Å²) < 4.78 is 2.93. The molecule has 0 spiro atoms. The Morgan fingerprint density at radius 1 is 0.692 bits per heavy atom. The average Bonchev–Trinajstić information content (AvgIpc) is 2.38. The molecule has 0 aromatic heterocycles. The molecule has 0 saturated heterocycles. The third kappa shape index (κ3) is 292. The minimum atomic E-state index is 0.500. The van der Waals surface area contributed by atoms with Gasteiger partial charge < -0.3 is 4.90 Å². The SMILES string of the molecule is CC(C)(C)C.CCC.CCC.CCN(C)C.C[C](=[W])N(C)C.C[C](C)=[W]. The zero-order chi connectivity index (χ0) is 22.9. The Morgan fingerprint density at radius 2 is 0.769 bits per heavy atom. The first kappa shape index (κ1) is 41.4. The van der Waals surface area contributed by atoms with E-state index in [1.165, 1.54) is 20.8 Å². The monoisotopic (exact) mass is 714 g/mol. The fraction of sp³-hybridized carbons (Fsp3) is 0.909. The average molecular weight is 714 g/mol. The van der Waals surface area contributed by atoms with Crippen molar-refractivity contribution >= 4 is 7.92 Å². The summed E-state index contributed by atoms with van der Waals surface area (Å²) in [6, 6.07) is 0. The van der Waals surface area contributed by atoms with Gasteiger partial charge in [-0.3, -0.25) is 0 Å². The number of rotatable bonds is 2. The van der Waals surface area contributed by atoms with Crippen molar-refractivity contribution in [3.05, 3.63) is 0 Å². The van der Waals surface area contributed by atoms with E-state index in [9.17, 15) is 0 Å². The summed E-state index contributed by atoms with van der Waals surface area (Å²) in [5.41, 5.74) is 0.500. The first-order valence-electron chi connectivity index (χ1n) is 9.77. The molecular formula is C22H54N2W2. The van der Waals surface area contributed by atoms with Crippen molar-refractivity contribution in [3.8, 4) is 0 Å². The molecule has 0 atom stereocenters. The Labute approximate surface area is 191 Å². The van der Waals surface area contributed by atoms with Crippen LogP contribution in [0, 0.1) is 5.41 Å². The van der Waals surface area contributed by atoms with Gasteiger partial charge in [-0.2, -0.15) is 0 Å². The van der Waals surface area contributed by atoms with Gasteiger partial charge in [0.15, 0.2) is 0 Å². The Bertz CT molecular complexity index is 243. The molecule has 0 heterocycles. The van der Waals surface area contributed by atoms with Crippen LogP contribution < -0.4 is 0 Å². The molecule has 0 aromatic carbocycles. The molecule has 0 rings (SSSR count). The molecule has 0 saturated carbocycles. The van der Waals surface area contributed by atoms with Gasteiger partial charge in [0, 0.05) is 0 Å². The van der Waals surface area contributed by atoms with Gasteiger partial charge in [0.25, 0.3) is 0 Å². The standard InChI is InChI=1S/C5H12.C4H11N.C4H9N.2C3H8.C3H6.2W/c1-5(2,3)4;2*1-4-5(2)3;3*1-3-2;;/h1-4H3;4H2,1-3H3;1-3H3;2*3H2,1-2H3;1-2H3;;. The van der Waals surface area contributed by atoms with E-state index < -0.39 is 0 Å². The molecule has 26 heavy (non-hydrogen) atoms. The fourth-order valence-electron chi connectivity index (χ4n) is 0. The van der Waals surface area contributed by atoms with Gasteiger partial charge >= 0.3 is 86.4 Å². The van der Waals surface area contributed by atoms with E-state index in [4.69, 9.17) is 0 Å². The predicted octanol–water partition coefficient (Wildman–Crippen LogP) is 6.44. The molecule has 0 bridgehead atoms. The van der Waals surface area contributed by atoms with E-state index in [1.807, 2.05) is 0 Å². The second-order valence-electron chi connectivity index (χ2n) is 8.13. The summed E-state index contributed by atoms with van der Waals surface area (Å²) in [6.45, 7) is 26.9. The van der Waals surface area contributed by atoms with E-state index >= 15 is 0 Å². The van der Waals surface area contributed by atoms with Crippen LogP contribution in [0.5, 0.6) is 0 Å². The molecule has 164 valence electrons. The van der Waals surface area contributed by atoms with Gasteiger partial charge in [-0.1, -0.05) is 75.2 Å². The Balaban J connectivity index is -0.0000000471. The van der Waals surface area contributed by atoms with Crippen molar-refractivity contribution in [1.29, 1.82) is 0 Å². The maximum absolute atomic E-state index is 2.19. The molecular weight excluding hydrogens is 660 g/mol. The first-order chi connectivity index (χ1) is 11.5. The summed E-state index contributed by atoms with van der Waals surface area (Å²) in [5, 5.41) is 0. The van der Waals surface area contributed by atoms with Gasteiger partial charge in [-0.05, 0) is 26.1 Å². The molecule has 4 heteroatoms. The van der Waals surface area contributed by atoms with Gasteiger partial charge in [0.05, 0.1) is 0 Å². The van der Waals surface area contributed by atoms with E-state index in [0.717, 1.165) is 6.54 Å². The van der Waals surface area contributed by atoms with Crippen LogP contribution in [-0.2, 0) is 38.7 Å². The maximum atomic E-state index is 2.19. The minimum absolute atomic E-state index is 0.500.